The summed E-state index contributed by atoms with van der Waals surface area (Å²) in [6.07, 6.45) is 1.15. The maximum Gasteiger partial charge on any atom is 0.137 e. The molecular weight excluding hydrogens is 349 g/mol. The Morgan fingerprint density at radius 2 is 1.81 bits per heavy atom. The standard InChI is InChI=1S/C17H19BrFNS/c1-2-9-20-11-13-3-6-15(7-4-13)21-12-14-5-8-17(19)16(18)10-14/h3-8,10,20H,2,9,11-12H2,1H3. The van der Waals surface area contributed by atoms with Gasteiger partial charge in [-0.05, 0) is 64.3 Å². The molecule has 2 aromatic carbocycles. The molecule has 0 amide bonds. The molecule has 2 rings (SSSR count). The number of thioether (sulfide) groups is 1. The molecule has 21 heavy (non-hydrogen) atoms. The molecule has 0 atom stereocenters. The van der Waals surface area contributed by atoms with E-state index < -0.39 is 0 Å². The molecule has 0 fully saturated rings. The monoisotopic (exact) mass is 367 g/mol. The Labute approximate surface area is 138 Å². The Hall–Kier alpha value is -0.840. The molecule has 4 heteroatoms. The zero-order chi connectivity index (χ0) is 15.1. The first-order valence-electron chi connectivity index (χ1n) is 7.05. The van der Waals surface area contributed by atoms with E-state index in [-0.39, 0.29) is 5.82 Å². The van der Waals surface area contributed by atoms with E-state index in [9.17, 15) is 4.39 Å². The summed E-state index contributed by atoms with van der Waals surface area (Å²) in [7, 11) is 0. The molecule has 0 aromatic heterocycles. The highest BCUT2D eigenvalue weighted by Crippen LogP contribution is 2.25. The van der Waals surface area contributed by atoms with Crippen LogP contribution in [-0.4, -0.2) is 6.54 Å². The van der Waals surface area contributed by atoms with Crippen LogP contribution in [0.1, 0.15) is 24.5 Å². The third-order valence-corrected chi connectivity index (χ3v) is 4.76. The predicted molar refractivity (Wildman–Crippen MR) is 92.1 cm³/mol. The van der Waals surface area contributed by atoms with Gasteiger partial charge in [0.1, 0.15) is 5.82 Å². The number of hydrogen-bond acceptors (Lipinski definition) is 2. The zero-order valence-electron chi connectivity index (χ0n) is 12.0. The van der Waals surface area contributed by atoms with Gasteiger partial charge in [-0.15, -0.1) is 11.8 Å². The molecule has 0 bridgehead atoms. The lowest BCUT2D eigenvalue weighted by Gasteiger charge is -2.06. The predicted octanol–water partition coefficient (Wildman–Crippen LogP) is 5.38. The van der Waals surface area contributed by atoms with Gasteiger partial charge in [0, 0.05) is 17.2 Å². The summed E-state index contributed by atoms with van der Waals surface area (Å²) >= 11 is 4.98. The number of rotatable bonds is 7. The molecule has 112 valence electrons. The second-order valence-electron chi connectivity index (χ2n) is 4.86. The first-order valence-corrected chi connectivity index (χ1v) is 8.83. The second-order valence-corrected chi connectivity index (χ2v) is 6.76. The minimum Gasteiger partial charge on any atom is -0.313 e. The molecule has 0 aliphatic rings. The van der Waals surface area contributed by atoms with Gasteiger partial charge in [-0.2, -0.15) is 0 Å². The molecule has 0 aliphatic heterocycles. The minimum absolute atomic E-state index is 0.215. The summed E-state index contributed by atoms with van der Waals surface area (Å²) in [6.45, 7) is 4.14. The van der Waals surface area contributed by atoms with Crippen molar-refractivity contribution in [3.05, 3.63) is 63.9 Å². The van der Waals surface area contributed by atoms with Crippen LogP contribution in [0, 0.1) is 5.82 Å². The maximum atomic E-state index is 13.2. The summed E-state index contributed by atoms with van der Waals surface area (Å²) in [4.78, 5) is 1.23. The van der Waals surface area contributed by atoms with Crippen molar-refractivity contribution in [2.75, 3.05) is 6.54 Å². The molecule has 1 N–H and O–H groups in total. The van der Waals surface area contributed by atoms with Crippen LogP contribution in [0.2, 0.25) is 0 Å². The average Bonchev–Trinajstić information content (AvgIpc) is 2.50. The van der Waals surface area contributed by atoms with Gasteiger partial charge in [-0.25, -0.2) is 4.39 Å². The minimum atomic E-state index is -0.215. The summed E-state index contributed by atoms with van der Waals surface area (Å²) < 4.78 is 13.7. The van der Waals surface area contributed by atoms with Gasteiger partial charge in [0.2, 0.25) is 0 Å². The molecule has 0 saturated heterocycles. The van der Waals surface area contributed by atoms with E-state index in [2.05, 4.69) is 52.4 Å². The molecule has 2 aromatic rings. The first kappa shape index (κ1) is 16.5. The van der Waals surface area contributed by atoms with Crippen LogP contribution in [0.4, 0.5) is 4.39 Å². The summed E-state index contributed by atoms with van der Waals surface area (Å²) in [5.41, 5.74) is 2.42. The van der Waals surface area contributed by atoms with Crippen LogP contribution in [0.5, 0.6) is 0 Å². The van der Waals surface area contributed by atoms with Gasteiger partial charge >= 0.3 is 0 Å². The molecular formula is C17H19BrFNS. The fraction of sp³-hybridized carbons (Fsp3) is 0.294. The van der Waals surface area contributed by atoms with Gasteiger partial charge in [0.05, 0.1) is 4.47 Å². The normalized spacial score (nSPS) is 10.8. The third-order valence-electron chi connectivity index (χ3n) is 3.07. The lowest BCUT2D eigenvalue weighted by molar-refractivity contribution is 0.620. The molecule has 0 radical (unpaired) electrons. The van der Waals surface area contributed by atoms with E-state index in [0.717, 1.165) is 30.8 Å². The highest BCUT2D eigenvalue weighted by atomic mass is 79.9. The number of nitrogens with one attached hydrogen (secondary N) is 1. The molecule has 0 unspecified atom stereocenters. The molecule has 1 nitrogen and oxygen atoms in total. The largest absolute Gasteiger partial charge is 0.313 e. The van der Waals surface area contributed by atoms with Gasteiger partial charge in [-0.1, -0.05) is 25.1 Å². The highest BCUT2D eigenvalue weighted by Gasteiger charge is 2.02. The number of hydrogen-bond donors (Lipinski definition) is 1. The number of halogens is 2. The Kier molecular flexibility index (Phi) is 6.74. The van der Waals surface area contributed by atoms with Crippen LogP contribution < -0.4 is 5.32 Å². The van der Waals surface area contributed by atoms with Crippen molar-refractivity contribution < 1.29 is 4.39 Å². The van der Waals surface area contributed by atoms with Gasteiger partial charge in [-0.3, -0.25) is 0 Å². The van der Waals surface area contributed by atoms with Crippen molar-refractivity contribution in [3.8, 4) is 0 Å². The van der Waals surface area contributed by atoms with E-state index in [4.69, 9.17) is 0 Å². The third kappa shape index (κ3) is 5.46. The summed E-state index contributed by atoms with van der Waals surface area (Å²) in [6, 6.07) is 13.8. The fourth-order valence-corrected chi connectivity index (χ4v) is 3.18. The van der Waals surface area contributed by atoms with Crippen molar-refractivity contribution >= 4 is 27.7 Å². The highest BCUT2D eigenvalue weighted by molar-refractivity contribution is 9.10. The Balaban J connectivity index is 1.86. The quantitative estimate of drug-likeness (QED) is 0.520. The van der Waals surface area contributed by atoms with E-state index in [0.29, 0.717) is 4.47 Å². The van der Waals surface area contributed by atoms with Crippen LogP contribution in [0.25, 0.3) is 0 Å². The molecule has 0 saturated carbocycles. The maximum absolute atomic E-state index is 13.2. The fourth-order valence-electron chi connectivity index (χ4n) is 1.91. The SMILES string of the molecule is CCCNCc1ccc(SCc2ccc(F)c(Br)c2)cc1. The van der Waals surface area contributed by atoms with Gasteiger partial charge < -0.3 is 5.32 Å². The van der Waals surface area contributed by atoms with Crippen LogP contribution in [0.3, 0.4) is 0 Å². The van der Waals surface area contributed by atoms with Gasteiger partial charge in [0.15, 0.2) is 0 Å². The van der Waals surface area contributed by atoms with Crippen LogP contribution >= 0.6 is 27.7 Å². The molecule has 0 heterocycles. The summed E-state index contributed by atoms with van der Waals surface area (Å²) in [5.74, 6) is 0.624. The topological polar surface area (TPSA) is 12.0 Å². The van der Waals surface area contributed by atoms with Crippen molar-refractivity contribution in [2.24, 2.45) is 0 Å². The van der Waals surface area contributed by atoms with E-state index >= 15 is 0 Å². The second kappa shape index (κ2) is 8.57. The van der Waals surface area contributed by atoms with Crippen molar-refractivity contribution in [2.45, 2.75) is 30.5 Å². The average molecular weight is 368 g/mol. The Bertz CT molecular complexity index is 572. The molecule has 0 aliphatic carbocycles. The Morgan fingerprint density at radius 3 is 2.48 bits per heavy atom. The lowest BCUT2D eigenvalue weighted by atomic mass is 10.2. The van der Waals surface area contributed by atoms with E-state index in [1.54, 1.807) is 11.8 Å². The zero-order valence-corrected chi connectivity index (χ0v) is 14.4. The lowest BCUT2D eigenvalue weighted by Crippen LogP contribution is -2.13. The molecule has 0 spiro atoms. The van der Waals surface area contributed by atoms with Gasteiger partial charge in [0.25, 0.3) is 0 Å². The number of benzene rings is 2. The first-order chi connectivity index (χ1) is 10.2. The van der Waals surface area contributed by atoms with E-state index in [1.807, 2.05) is 12.1 Å². The van der Waals surface area contributed by atoms with Crippen molar-refractivity contribution in [3.63, 3.8) is 0 Å². The smallest absolute Gasteiger partial charge is 0.137 e. The van der Waals surface area contributed by atoms with Crippen LogP contribution in [-0.2, 0) is 12.3 Å². The van der Waals surface area contributed by atoms with Crippen LogP contribution in [0.15, 0.2) is 51.8 Å². The van der Waals surface area contributed by atoms with E-state index in [1.165, 1.54) is 16.5 Å². The Morgan fingerprint density at radius 1 is 1.10 bits per heavy atom. The van der Waals surface area contributed by atoms with Crippen molar-refractivity contribution in [1.82, 2.24) is 5.32 Å². The summed E-state index contributed by atoms with van der Waals surface area (Å²) in [5, 5.41) is 3.39. The van der Waals surface area contributed by atoms with Crippen molar-refractivity contribution in [1.29, 1.82) is 0 Å².